The van der Waals surface area contributed by atoms with Crippen molar-refractivity contribution in [2.75, 3.05) is 13.2 Å². The highest BCUT2D eigenvalue weighted by Gasteiger charge is 2.31. The Morgan fingerprint density at radius 2 is 1.69 bits per heavy atom. The number of nitrogens with zero attached hydrogens (tertiary/aromatic N) is 3. The fraction of sp³-hybridized carbons (Fsp3) is 0.154. The average molecular weight is 560 g/mol. The van der Waals surface area contributed by atoms with Gasteiger partial charge >= 0.3 is 18.4 Å². The SMILES string of the molecule is N=c1ccc(-c2ccc(OC(F)(F)F)cc2)cn1C(=O)NCC(COc1ccccc1Cl)Oc1ncccn1. The molecule has 1 unspecified atom stereocenters. The highest BCUT2D eigenvalue weighted by atomic mass is 35.5. The minimum absolute atomic E-state index is 0.00689. The molecule has 2 aromatic heterocycles. The zero-order valence-corrected chi connectivity index (χ0v) is 20.8. The monoisotopic (exact) mass is 559 g/mol. The minimum Gasteiger partial charge on any atom is -0.488 e. The van der Waals surface area contributed by atoms with Crippen molar-refractivity contribution < 1.29 is 32.2 Å². The summed E-state index contributed by atoms with van der Waals surface area (Å²) in [5.41, 5.74) is 0.887. The number of benzene rings is 2. The third-order valence-electron chi connectivity index (χ3n) is 5.15. The largest absolute Gasteiger partial charge is 0.573 e. The van der Waals surface area contributed by atoms with Crippen LogP contribution in [-0.4, -0.2) is 46.2 Å². The zero-order chi connectivity index (χ0) is 27.8. The van der Waals surface area contributed by atoms with E-state index in [1.54, 1.807) is 36.4 Å². The first-order valence-corrected chi connectivity index (χ1v) is 11.8. The van der Waals surface area contributed by atoms with Gasteiger partial charge in [0.2, 0.25) is 0 Å². The first-order valence-electron chi connectivity index (χ1n) is 11.4. The summed E-state index contributed by atoms with van der Waals surface area (Å²) in [6, 6.07) is 16.1. The van der Waals surface area contributed by atoms with Crippen LogP contribution in [0.25, 0.3) is 11.1 Å². The van der Waals surface area contributed by atoms with Crippen molar-refractivity contribution in [1.29, 1.82) is 5.41 Å². The number of carbonyl (C=O) groups is 1. The predicted octanol–water partition coefficient (Wildman–Crippen LogP) is 5.06. The molecular weight excluding hydrogens is 539 g/mol. The summed E-state index contributed by atoms with van der Waals surface area (Å²) in [5, 5.41) is 11.2. The van der Waals surface area contributed by atoms with E-state index in [1.807, 2.05) is 0 Å². The summed E-state index contributed by atoms with van der Waals surface area (Å²) >= 11 is 6.15. The molecule has 0 radical (unpaired) electrons. The molecule has 0 aliphatic rings. The Hall–Kier alpha value is -4.58. The molecule has 202 valence electrons. The molecule has 0 fully saturated rings. The smallest absolute Gasteiger partial charge is 0.488 e. The molecule has 2 aromatic carbocycles. The predicted molar refractivity (Wildman–Crippen MR) is 135 cm³/mol. The molecule has 0 aliphatic heterocycles. The van der Waals surface area contributed by atoms with Gasteiger partial charge < -0.3 is 19.5 Å². The lowest BCUT2D eigenvalue weighted by Gasteiger charge is -2.20. The summed E-state index contributed by atoms with van der Waals surface area (Å²) in [6.07, 6.45) is -1.13. The van der Waals surface area contributed by atoms with E-state index < -0.39 is 18.5 Å². The van der Waals surface area contributed by atoms with E-state index in [0.717, 1.165) is 16.7 Å². The van der Waals surface area contributed by atoms with Gasteiger partial charge in [-0.1, -0.05) is 35.9 Å². The number of hydrogen-bond acceptors (Lipinski definition) is 7. The molecule has 1 amide bonds. The Morgan fingerprint density at radius 3 is 2.38 bits per heavy atom. The normalized spacial score (nSPS) is 11.9. The van der Waals surface area contributed by atoms with Crippen LogP contribution in [0, 0.1) is 5.41 Å². The molecule has 4 aromatic rings. The Morgan fingerprint density at radius 1 is 1.00 bits per heavy atom. The lowest BCUT2D eigenvalue weighted by atomic mass is 10.1. The highest BCUT2D eigenvalue weighted by molar-refractivity contribution is 6.32. The van der Waals surface area contributed by atoms with E-state index in [0.29, 0.717) is 21.9 Å². The summed E-state index contributed by atoms with van der Waals surface area (Å²) < 4.78 is 53.8. The van der Waals surface area contributed by atoms with Crippen LogP contribution in [0.2, 0.25) is 5.02 Å². The van der Waals surface area contributed by atoms with Gasteiger partial charge in [-0.25, -0.2) is 14.8 Å². The number of rotatable bonds is 9. The topological polar surface area (TPSA) is 111 Å². The summed E-state index contributed by atoms with van der Waals surface area (Å²) in [6.45, 7) is -0.0469. The number of amides is 1. The third kappa shape index (κ3) is 7.95. The number of halogens is 4. The van der Waals surface area contributed by atoms with Gasteiger partial charge in [-0.15, -0.1) is 13.2 Å². The number of ether oxygens (including phenoxy) is 3. The lowest BCUT2D eigenvalue weighted by Crippen LogP contribution is -2.43. The molecule has 2 heterocycles. The van der Waals surface area contributed by atoms with Crippen LogP contribution >= 0.6 is 11.6 Å². The molecule has 39 heavy (non-hydrogen) atoms. The summed E-state index contributed by atoms with van der Waals surface area (Å²) in [7, 11) is 0. The summed E-state index contributed by atoms with van der Waals surface area (Å²) in [5.74, 6) is 0.0525. The first-order chi connectivity index (χ1) is 18.7. The van der Waals surface area contributed by atoms with E-state index in [4.69, 9.17) is 26.5 Å². The van der Waals surface area contributed by atoms with Crippen molar-refractivity contribution in [2.45, 2.75) is 12.5 Å². The van der Waals surface area contributed by atoms with Gasteiger partial charge in [-0.2, -0.15) is 0 Å². The molecule has 4 rings (SSSR count). The van der Waals surface area contributed by atoms with Gasteiger partial charge in [0.05, 0.1) is 11.6 Å². The molecule has 0 aliphatic carbocycles. The maximum Gasteiger partial charge on any atom is 0.573 e. The number of para-hydroxylation sites is 1. The third-order valence-corrected chi connectivity index (χ3v) is 5.46. The Balaban J connectivity index is 1.46. The van der Waals surface area contributed by atoms with E-state index in [9.17, 15) is 18.0 Å². The first kappa shape index (κ1) is 27.5. The summed E-state index contributed by atoms with van der Waals surface area (Å²) in [4.78, 5) is 21.0. The number of aromatic nitrogens is 3. The van der Waals surface area contributed by atoms with Gasteiger partial charge in [0.25, 0.3) is 0 Å². The highest BCUT2D eigenvalue weighted by Crippen LogP contribution is 2.26. The molecule has 13 heteroatoms. The van der Waals surface area contributed by atoms with Gasteiger partial charge in [0.1, 0.15) is 23.6 Å². The van der Waals surface area contributed by atoms with Gasteiger partial charge in [0.15, 0.2) is 6.10 Å². The average Bonchev–Trinajstić information content (AvgIpc) is 2.91. The van der Waals surface area contributed by atoms with E-state index in [1.165, 1.54) is 36.8 Å². The van der Waals surface area contributed by atoms with Crippen molar-refractivity contribution in [1.82, 2.24) is 19.9 Å². The van der Waals surface area contributed by atoms with Crippen LogP contribution in [0.15, 0.2) is 85.3 Å². The van der Waals surface area contributed by atoms with Gasteiger partial charge in [0, 0.05) is 18.6 Å². The number of carbonyl (C=O) groups excluding carboxylic acids is 1. The molecule has 1 atom stereocenters. The number of pyridine rings is 1. The fourth-order valence-corrected chi connectivity index (χ4v) is 3.54. The van der Waals surface area contributed by atoms with Crippen LogP contribution in [0.1, 0.15) is 0 Å². The molecule has 0 saturated carbocycles. The van der Waals surface area contributed by atoms with Crippen LogP contribution in [0.3, 0.4) is 0 Å². The van der Waals surface area contributed by atoms with Crippen LogP contribution in [0.4, 0.5) is 18.0 Å². The standard InChI is InChI=1S/C26H21ClF3N5O4/c27-21-4-1-2-5-22(21)37-16-20(38-24-32-12-3-13-33-24)14-34-25(36)35-15-18(8-11-23(35)31)17-6-9-19(10-7-17)39-26(28,29)30/h1-13,15,20,31H,14,16H2,(H,34,36). The Bertz CT molecular complexity index is 1470. The van der Waals surface area contributed by atoms with Crippen molar-refractivity contribution >= 4 is 17.6 Å². The maximum absolute atomic E-state index is 13.0. The van der Waals surface area contributed by atoms with E-state index in [-0.39, 0.29) is 30.4 Å². The number of hydrogen-bond donors (Lipinski definition) is 2. The van der Waals surface area contributed by atoms with Gasteiger partial charge in [-0.05, 0) is 53.6 Å². The number of alkyl halides is 3. The minimum atomic E-state index is -4.80. The maximum atomic E-state index is 13.0. The second-order valence-electron chi connectivity index (χ2n) is 7.94. The zero-order valence-electron chi connectivity index (χ0n) is 20.1. The van der Waals surface area contributed by atoms with E-state index >= 15 is 0 Å². The molecular formula is C26H21ClF3N5O4. The second-order valence-corrected chi connectivity index (χ2v) is 8.35. The van der Waals surface area contributed by atoms with E-state index in [2.05, 4.69) is 20.0 Å². The van der Waals surface area contributed by atoms with Crippen molar-refractivity contribution in [2.24, 2.45) is 0 Å². The van der Waals surface area contributed by atoms with Crippen LogP contribution < -0.4 is 25.0 Å². The molecule has 0 bridgehead atoms. The van der Waals surface area contributed by atoms with Crippen molar-refractivity contribution in [3.63, 3.8) is 0 Å². The fourth-order valence-electron chi connectivity index (χ4n) is 3.35. The lowest BCUT2D eigenvalue weighted by molar-refractivity contribution is -0.274. The van der Waals surface area contributed by atoms with Crippen molar-refractivity contribution in [3.8, 4) is 28.6 Å². The van der Waals surface area contributed by atoms with Gasteiger partial charge in [-0.3, -0.25) is 9.98 Å². The Labute approximate surface area is 225 Å². The second kappa shape index (κ2) is 12.3. The quantitative estimate of drug-likeness (QED) is 0.296. The van der Waals surface area contributed by atoms with Crippen LogP contribution in [0.5, 0.6) is 17.5 Å². The Kier molecular flexibility index (Phi) is 8.67. The molecule has 2 N–H and O–H groups in total. The molecule has 0 spiro atoms. The molecule has 9 nitrogen and oxygen atoms in total. The molecule has 0 saturated heterocycles. The number of nitrogens with one attached hydrogen (secondary N) is 2. The van der Waals surface area contributed by atoms with Crippen molar-refractivity contribution in [3.05, 3.63) is 95.8 Å². The van der Waals surface area contributed by atoms with Crippen LogP contribution in [-0.2, 0) is 0 Å².